The molecule has 1 aliphatic carbocycles. The Morgan fingerprint density at radius 3 is 2.50 bits per heavy atom. The lowest BCUT2D eigenvalue weighted by Crippen LogP contribution is -2.40. The van der Waals surface area contributed by atoms with Gasteiger partial charge in [-0.3, -0.25) is 9.59 Å². The third-order valence-electron chi connectivity index (χ3n) is 3.03. The summed E-state index contributed by atoms with van der Waals surface area (Å²) in [5, 5.41) is 11.7. The van der Waals surface area contributed by atoms with Crippen LogP contribution in [0, 0.1) is 11.8 Å². The summed E-state index contributed by atoms with van der Waals surface area (Å²) >= 11 is 0. The number of methoxy groups -OCH3 is 1. The van der Waals surface area contributed by atoms with E-state index >= 15 is 0 Å². The van der Waals surface area contributed by atoms with E-state index in [1.54, 1.807) is 7.11 Å². The number of hydrogen-bond acceptors (Lipinski definition) is 3. The molecule has 1 aliphatic rings. The second kappa shape index (κ2) is 6.48. The average Bonchev–Trinajstić information content (AvgIpc) is 2.29. The number of carbonyl (C=O) groups is 2. The first-order chi connectivity index (χ1) is 7.66. The molecule has 2 N–H and O–H groups in total. The molecule has 2 atom stereocenters. The van der Waals surface area contributed by atoms with Gasteiger partial charge in [0.15, 0.2) is 0 Å². The van der Waals surface area contributed by atoms with E-state index in [1.165, 1.54) is 0 Å². The molecule has 0 radical (unpaired) electrons. The zero-order chi connectivity index (χ0) is 12.0. The second-order valence-corrected chi connectivity index (χ2v) is 4.12. The molecule has 0 heterocycles. The highest BCUT2D eigenvalue weighted by atomic mass is 16.5. The van der Waals surface area contributed by atoms with Crippen LogP contribution in [0.3, 0.4) is 0 Å². The van der Waals surface area contributed by atoms with E-state index in [0.717, 1.165) is 12.8 Å². The van der Waals surface area contributed by atoms with Crippen molar-refractivity contribution in [3.05, 3.63) is 0 Å². The van der Waals surface area contributed by atoms with Gasteiger partial charge in [-0.2, -0.15) is 0 Å². The number of hydrogen-bond donors (Lipinski definition) is 2. The molecule has 0 spiro atoms. The second-order valence-electron chi connectivity index (χ2n) is 4.12. The van der Waals surface area contributed by atoms with Crippen LogP contribution in [-0.2, 0) is 14.3 Å². The first kappa shape index (κ1) is 13.0. The normalized spacial score (nSPS) is 25.1. The lowest BCUT2D eigenvalue weighted by atomic mass is 9.79. The minimum atomic E-state index is -0.855. The maximum Gasteiger partial charge on any atom is 0.307 e. The molecular formula is C11H19NO4. The first-order valence-electron chi connectivity index (χ1n) is 5.66. The van der Waals surface area contributed by atoms with Crippen molar-refractivity contribution < 1.29 is 19.4 Å². The molecule has 0 aromatic rings. The van der Waals surface area contributed by atoms with Crippen LogP contribution in [-0.4, -0.2) is 37.2 Å². The zero-order valence-electron chi connectivity index (χ0n) is 9.57. The summed E-state index contributed by atoms with van der Waals surface area (Å²) in [4.78, 5) is 22.8. The Bertz CT molecular complexity index is 254. The van der Waals surface area contributed by atoms with Crippen LogP contribution in [0.4, 0.5) is 0 Å². The molecule has 1 saturated carbocycles. The van der Waals surface area contributed by atoms with E-state index in [-0.39, 0.29) is 11.8 Å². The summed E-state index contributed by atoms with van der Waals surface area (Å²) in [7, 11) is 1.56. The Morgan fingerprint density at radius 1 is 1.31 bits per heavy atom. The smallest absolute Gasteiger partial charge is 0.307 e. The van der Waals surface area contributed by atoms with Gasteiger partial charge in [0.1, 0.15) is 0 Å². The van der Waals surface area contributed by atoms with Crippen molar-refractivity contribution in [1.29, 1.82) is 0 Å². The van der Waals surface area contributed by atoms with Gasteiger partial charge in [0.25, 0.3) is 0 Å². The van der Waals surface area contributed by atoms with Crippen LogP contribution in [0.5, 0.6) is 0 Å². The number of carboxylic acids is 1. The lowest BCUT2D eigenvalue weighted by Gasteiger charge is -2.27. The Kier molecular flexibility index (Phi) is 5.25. The van der Waals surface area contributed by atoms with Crippen molar-refractivity contribution in [1.82, 2.24) is 5.32 Å². The van der Waals surface area contributed by atoms with Crippen LogP contribution >= 0.6 is 0 Å². The highest BCUT2D eigenvalue weighted by Gasteiger charge is 2.35. The molecule has 1 amide bonds. The summed E-state index contributed by atoms with van der Waals surface area (Å²) in [6.07, 6.45) is 3.12. The number of ether oxygens (including phenoxy) is 1. The van der Waals surface area contributed by atoms with Gasteiger partial charge in [0.2, 0.25) is 5.91 Å². The Morgan fingerprint density at radius 2 is 1.94 bits per heavy atom. The fourth-order valence-corrected chi connectivity index (χ4v) is 2.15. The van der Waals surface area contributed by atoms with E-state index in [0.29, 0.717) is 26.0 Å². The van der Waals surface area contributed by atoms with Gasteiger partial charge in [-0.1, -0.05) is 12.8 Å². The number of amides is 1. The van der Waals surface area contributed by atoms with Crippen molar-refractivity contribution in [2.75, 3.05) is 20.3 Å². The van der Waals surface area contributed by atoms with Gasteiger partial charge in [0, 0.05) is 13.7 Å². The molecule has 0 unspecified atom stereocenters. The Hall–Kier alpha value is -1.10. The topological polar surface area (TPSA) is 75.6 Å². The highest BCUT2D eigenvalue weighted by Crippen LogP contribution is 2.30. The van der Waals surface area contributed by atoms with Crippen molar-refractivity contribution in [2.24, 2.45) is 11.8 Å². The van der Waals surface area contributed by atoms with Crippen molar-refractivity contribution in [3.63, 3.8) is 0 Å². The third-order valence-corrected chi connectivity index (χ3v) is 3.03. The van der Waals surface area contributed by atoms with Crippen LogP contribution in [0.15, 0.2) is 0 Å². The molecule has 0 saturated heterocycles. The molecule has 16 heavy (non-hydrogen) atoms. The molecule has 0 bridgehead atoms. The summed E-state index contributed by atoms with van der Waals surface area (Å²) in [6.45, 7) is 0.897. The van der Waals surface area contributed by atoms with Gasteiger partial charge < -0.3 is 15.2 Å². The molecular weight excluding hydrogens is 210 g/mol. The van der Waals surface area contributed by atoms with Crippen LogP contribution in [0.2, 0.25) is 0 Å². The molecule has 5 nitrogen and oxygen atoms in total. The highest BCUT2D eigenvalue weighted by molar-refractivity contribution is 5.84. The van der Waals surface area contributed by atoms with E-state index < -0.39 is 11.9 Å². The summed E-state index contributed by atoms with van der Waals surface area (Å²) in [5.74, 6) is -1.89. The van der Waals surface area contributed by atoms with Gasteiger partial charge in [0.05, 0.1) is 18.4 Å². The van der Waals surface area contributed by atoms with Crippen molar-refractivity contribution in [2.45, 2.75) is 25.7 Å². The predicted molar refractivity (Wildman–Crippen MR) is 58.0 cm³/mol. The minimum absolute atomic E-state index is 0.149. The summed E-state index contributed by atoms with van der Waals surface area (Å²) in [6, 6.07) is 0. The molecule has 1 rings (SSSR count). The minimum Gasteiger partial charge on any atom is -0.481 e. The van der Waals surface area contributed by atoms with Crippen LogP contribution in [0.1, 0.15) is 25.7 Å². The Labute approximate surface area is 95.2 Å². The largest absolute Gasteiger partial charge is 0.481 e. The van der Waals surface area contributed by atoms with E-state index in [1.807, 2.05) is 0 Å². The van der Waals surface area contributed by atoms with Crippen LogP contribution in [0.25, 0.3) is 0 Å². The SMILES string of the molecule is COCCNC(=O)[C@@H]1CCCC[C@H]1C(=O)O. The van der Waals surface area contributed by atoms with Gasteiger partial charge in [-0.15, -0.1) is 0 Å². The molecule has 0 aromatic carbocycles. The third kappa shape index (κ3) is 3.48. The average molecular weight is 229 g/mol. The lowest BCUT2D eigenvalue weighted by molar-refractivity contribution is -0.148. The van der Waals surface area contributed by atoms with Crippen molar-refractivity contribution >= 4 is 11.9 Å². The summed E-state index contributed by atoms with van der Waals surface area (Å²) < 4.78 is 4.82. The van der Waals surface area contributed by atoms with Gasteiger partial charge in [-0.25, -0.2) is 0 Å². The molecule has 0 aliphatic heterocycles. The summed E-state index contributed by atoms with van der Waals surface area (Å²) in [5.41, 5.74) is 0. The fraction of sp³-hybridized carbons (Fsp3) is 0.818. The maximum absolute atomic E-state index is 11.8. The first-order valence-corrected chi connectivity index (χ1v) is 5.66. The molecule has 5 heteroatoms. The van der Waals surface area contributed by atoms with Crippen molar-refractivity contribution in [3.8, 4) is 0 Å². The number of nitrogens with one attached hydrogen (secondary N) is 1. The van der Waals surface area contributed by atoms with Gasteiger partial charge >= 0.3 is 5.97 Å². The van der Waals surface area contributed by atoms with E-state index in [2.05, 4.69) is 5.32 Å². The zero-order valence-corrected chi connectivity index (χ0v) is 9.57. The molecule has 92 valence electrons. The van der Waals surface area contributed by atoms with E-state index in [9.17, 15) is 9.59 Å². The fourth-order valence-electron chi connectivity index (χ4n) is 2.15. The Balaban J connectivity index is 2.47. The maximum atomic E-state index is 11.8. The quantitative estimate of drug-likeness (QED) is 0.678. The predicted octanol–water partition coefficient (Wildman–Crippen LogP) is 0.640. The monoisotopic (exact) mass is 229 g/mol. The number of rotatable bonds is 5. The molecule has 0 aromatic heterocycles. The molecule has 1 fully saturated rings. The van der Waals surface area contributed by atoms with E-state index in [4.69, 9.17) is 9.84 Å². The number of carbonyl (C=O) groups excluding carboxylic acids is 1. The van der Waals surface area contributed by atoms with Gasteiger partial charge in [-0.05, 0) is 12.8 Å². The number of carboxylic acid groups (broad SMARTS) is 1. The van der Waals surface area contributed by atoms with Crippen LogP contribution < -0.4 is 5.32 Å². The number of aliphatic carboxylic acids is 1. The standard InChI is InChI=1S/C11H19NO4/c1-16-7-6-12-10(13)8-4-2-3-5-9(8)11(14)15/h8-9H,2-7H2,1H3,(H,12,13)(H,14,15)/t8-,9-/m1/s1.